The average Bonchev–Trinajstić information content (AvgIpc) is 1.92. The third-order valence-corrected chi connectivity index (χ3v) is 1.89. The molecule has 0 aliphatic heterocycles. The van der Waals surface area contributed by atoms with E-state index < -0.39 is 4.33 Å². The maximum atomic E-state index is 9.31. The topological polar surface area (TPSA) is 40.5 Å². The molecular weight excluding hydrogens is 199 g/mol. The zero-order valence-corrected chi connectivity index (χ0v) is 7.89. The quantitative estimate of drug-likeness (QED) is 0.549. The summed E-state index contributed by atoms with van der Waals surface area (Å²) in [5.74, 6) is -0.495. The first-order valence-corrected chi connectivity index (χ1v) is 4.08. The summed E-state index contributed by atoms with van der Waals surface area (Å²) in [6.07, 6.45) is 0. The van der Waals surface area contributed by atoms with Crippen molar-refractivity contribution in [1.29, 1.82) is 0 Å². The summed E-state index contributed by atoms with van der Waals surface area (Å²) >= 11 is 11.5. The first kappa shape index (κ1) is 9.49. The highest BCUT2D eigenvalue weighted by molar-refractivity contribution is 6.47. The van der Waals surface area contributed by atoms with Crippen molar-refractivity contribution >= 4 is 23.2 Å². The van der Waals surface area contributed by atoms with Gasteiger partial charge in [0.2, 0.25) is 0 Å². The fraction of sp³-hybridized carbons (Fsp3) is 0.250. The number of rotatable bonds is 1. The van der Waals surface area contributed by atoms with E-state index in [1.807, 2.05) is 0 Å². The standard InChI is InChI=1S/C8H8Cl2O2/c1-8(9,10)5-3-2-4-6(11)7(5)12/h2-4,11-12H,1H3. The van der Waals surface area contributed by atoms with Gasteiger partial charge in [-0.15, -0.1) is 0 Å². The van der Waals surface area contributed by atoms with Gasteiger partial charge in [-0.1, -0.05) is 35.3 Å². The maximum absolute atomic E-state index is 9.31. The van der Waals surface area contributed by atoms with Gasteiger partial charge in [0.05, 0.1) is 0 Å². The van der Waals surface area contributed by atoms with E-state index in [-0.39, 0.29) is 11.5 Å². The van der Waals surface area contributed by atoms with E-state index >= 15 is 0 Å². The predicted molar refractivity (Wildman–Crippen MR) is 48.8 cm³/mol. The molecule has 0 heterocycles. The Labute approximate surface area is 80.4 Å². The lowest BCUT2D eigenvalue weighted by Gasteiger charge is -2.15. The van der Waals surface area contributed by atoms with Crippen LogP contribution in [0, 0.1) is 0 Å². The monoisotopic (exact) mass is 206 g/mol. The predicted octanol–water partition coefficient (Wildman–Crippen LogP) is 2.75. The number of alkyl halides is 2. The second-order valence-corrected chi connectivity index (χ2v) is 4.27. The van der Waals surface area contributed by atoms with Crippen LogP contribution < -0.4 is 0 Å². The third-order valence-electron chi connectivity index (χ3n) is 1.49. The van der Waals surface area contributed by atoms with Crippen LogP contribution in [-0.4, -0.2) is 10.2 Å². The van der Waals surface area contributed by atoms with E-state index in [1.54, 1.807) is 12.1 Å². The molecule has 0 fully saturated rings. The first-order chi connectivity index (χ1) is 5.43. The summed E-state index contributed by atoms with van der Waals surface area (Å²) in [5, 5.41) is 18.4. The van der Waals surface area contributed by atoms with Gasteiger partial charge in [0, 0.05) is 5.56 Å². The molecule has 0 bridgehead atoms. The highest BCUT2D eigenvalue weighted by Gasteiger charge is 2.24. The van der Waals surface area contributed by atoms with Crippen LogP contribution >= 0.6 is 23.2 Å². The van der Waals surface area contributed by atoms with Gasteiger partial charge in [-0.25, -0.2) is 0 Å². The Kier molecular flexibility index (Phi) is 2.40. The molecular formula is C8H8Cl2O2. The van der Waals surface area contributed by atoms with Gasteiger partial charge in [0.1, 0.15) is 4.33 Å². The molecule has 12 heavy (non-hydrogen) atoms. The Hall–Kier alpha value is -0.600. The van der Waals surface area contributed by atoms with Crippen molar-refractivity contribution in [3.63, 3.8) is 0 Å². The van der Waals surface area contributed by atoms with Gasteiger partial charge in [-0.2, -0.15) is 0 Å². The molecule has 4 heteroatoms. The van der Waals surface area contributed by atoms with E-state index in [1.165, 1.54) is 13.0 Å². The maximum Gasteiger partial charge on any atom is 0.163 e. The summed E-state index contributed by atoms with van der Waals surface area (Å²) in [6.45, 7) is 1.52. The fourth-order valence-electron chi connectivity index (χ4n) is 0.886. The molecule has 0 spiro atoms. The van der Waals surface area contributed by atoms with E-state index in [2.05, 4.69) is 0 Å². The third kappa shape index (κ3) is 1.76. The summed E-state index contributed by atoms with van der Waals surface area (Å²) in [4.78, 5) is 0. The van der Waals surface area contributed by atoms with Crippen molar-refractivity contribution in [1.82, 2.24) is 0 Å². The smallest absolute Gasteiger partial charge is 0.163 e. The van der Waals surface area contributed by atoms with Gasteiger partial charge < -0.3 is 10.2 Å². The first-order valence-electron chi connectivity index (χ1n) is 3.32. The summed E-state index contributed by atoms with van der Waals surface area (Å²) in [7, 11) is 0. The number of hydrogen-bond acceptors (Lipinski definition) is 2. The number of para-hydroxylation sites is 1. The molecule has 1 aromatic rings. The van der Waals surface area contributed by atoms with Crippen molar-refractivity contribution in [3.8, 4) is 11.5 Å². The van der Waals surface area contributed by atoms with Crippen LogP contribution in [-0.2, 0) is 4.33 Å². The van der Waals surface area contributed by atoms with E-state index in [9.17, 15) is 5.11 Å². The minimum absolute atomic E-state index is 0.222. The summed E-state index contributed by atoms with van der Waals surface area (Å²) in [6, 6.07) is 4.47. The summed E-state index contributed by atoms with van der Waals surface area (Å²) in [5.41, 5.74) is 0.297. The number of phenolic OH excluding ortho intramolecular Hbond substituents is 2. The SMILES string of the molecule is CC(Cl)(Cl)c1cccc(O)c1O. The Morgan fingerprint density at radius 2 is 1.83 bits per heavy atom. The van der Waals surface area contributed by atoms with Gasteiger partial charge in [0.15, 0.2) is 11.5 Å². The average molecular weight is 207 g/mol. The van der Waals surface area contributed by atoms with E-state index in [4.69, 9.17) is 28.3 Å². The van der Waals surface area contributed by atoms with E-state index in [0.29, 0.717) is 5.56 Å². The Morgan fingerprint density at radius 1 is 1.25 bits per heavy atom. The molecule has 1 aromatic carbocycles. The van der Waals surface area contributed by atoms with Crippen LogP contribution in [0.4, 0.5) is 0 Å². The fourth-order valence-corrected chi connectivity index (χ4v) is 1.19. The van der Waals surface area contributed by atoms with Crippen LogP contribution in [0.5, 0.6) is 11.5 Å². The summed E-state index contributed by atoms with van der Waals surface area (Å²) < 4.78 is -1.19. The molecule has 0 aliphatic carbocycles. The minimum Gasteiger partial charge on any atom is -0.504 e. The molecule has 0 atom stereocenters. The molecule has 0 saturated carbocycles. The van der Waals surface area contributed by atoms with Crippen molar-refractivity contribution in [2.45, 2.75) is 11.3 Å². The molecule has 0 aliphatic rings. The Morgan fingerprint density at radius 3 is 2.25 bits per heavy atom. The zero-order valence-electron chi connectivity index (χ0n) is 6.38. The van der Waals surface area contributed by atoms with Crippen LogP contribution in [0.2, 0.25) is 0 Å². The van der Waals surface area contributed by atoms with Crippen LogP contribution in [0.25, 0.3) is 0 Å². The van der Waals surface area contributed by atoms with Crippen molar-refractivity contribution in [2.75, 3.05) is 0 Å². The molecule has 66 valence electrons. The zero-order chi connectivity index (χ0) is 9.35. The lowest BCUT2D eigenvalue weighted by atomic mass is 10.1. The molecule has 0 radical (unpaired) electrons. The Balaban J connectivity index is 3.26. The van der Waals surface area contributed by atoms with E-state index in [0.717, 1.165) is 0 Å². The molecule has 0 amide bonds. The van der Waals surface area contributed by atoms with Crippen molar-refractivity contribution < 1.29 is 10.2 Å². The second-order valence-electron chi connectivity index (χ2n) is 2.56. The van der Waals surface area contributed by atoms with Crippen LogP contribution in [0.15, 0.2) is 18.2 Å². The Bertz CT molecular complexity index is 292. The van der Waals surface area contributed by atoms with Crippen LogP contribution in [0.1, 0.15) is 12.5 Å². The minimum atomic E-state index is -1.19. The number of aromatic hydroxyl groups is 2. The van der Waals surface area contributed by atoms with Gasteiger partial charge >= 0.3 is 0 Å². The second kappa shape index (κ2) is 3.04. The molecule has 0 saturated heterocycles. The molecule has 0 aromatic heterocycles. The number of halogens is 2. The number of benzene rings is 1. The van der Waals surface area contributed by atoms with Crippen LogP contribution in [0.3, 0.4) is 0 Å². The number of phenols is 2. The largest absolute Gasteiger partial charge is 0.504 e. The normalized spacial score (nSPS) is 11.6. The molecule has 0 unspecified atom stereocenters. The molecule has 2 N–H and O–H groups in total. The van der Waals surface area contributed by atoms with Crippen molar-refractivity contribution in [3.05, 3.63) is 23.8 Å². The van der Waals surface area contributed by atoms with Crippen molar-refractivity contribution in [2.24, 2.45) is 0 Å². The lowest BCUT2D eigenvalue weighted by molar-refractivity contribution is 0.398. The van der Waals surface area contributed by atoms with Gasteiger partial charge in [-0.3, -0.25) is 0 Å². The van der Waals surface area contributed by atoms with Gasteiger partial charge in [-0.05, 0) is 13.0 Å². The lowest BCUT2D eigenvalue weighted by Crippen LogP contribution is -2.03. The van der Waals surface area contributed by atoms with Gasteiger partial charge in [0.25, 0.3) is 0 Å². The highest BCUT2D eigenvalue weighted by atomic mass is 35.5. The number of hydrogen-bond donors (Lipinski definition) is 2. The molecule has 1 rings (SSSR count). The molecule has 2 nitrogen and oxygen atoms in total. The highest BCUT2D eigenvalue weighted by Crippen LogP contribution is 2.41.